The molecule has 7 N–H and O–H groups in total. The number of benzene rings is 2. The standard InChI is InChI=1S/C10H11N3S.C9H8ClN.CH4N2S.ClH/c11-6-5-8-1-3-9(4-2-8)7-14-10(12)13;10-7-9-3-1-8(2-4-9)5-6-11;2-1(3)4;/h1-4H,5,7H2,(H3,12,13);1-4H,5,7H2;(H4,2,3,4);1H. The normalized spacial score (nSPS) is 8.50. The molecule has 0 atom stereocenters. The van der Waals surface area contributed by atoms with Gasteiger partial charge in [0.15, 0.2) is 10.3 Å². The van der Waals surface area contributed by atoms with Gasteiger partial charge in [0, 0.05) is 11.6 Å². The number of halogens is 2. The molecule has 0 amide bonds. The number of thiocarbonyl (C=S) groups is 1. The number of hydrogen-bond donors (Lipinski definition) is 4. The van der Waals surface area contributed by atoms with Gasteiger partial charge in [-0.3, -0.25) is 5.41 Å². The summed E-state index contributed by atoms with van der Waals surface area (Å²) >= 11 is 11.0. The molecule has 0 fully saturated rings. The van der Waals surface area contributed by atoms with Crippen molar-refractivity contribution in [3.05, 3.63) is 70.8 Å². The van der Waals surface area contributed by atoms with Crippen LogP contribution in [-0.4, -0.2) is 10.3 Å². The summed E-state index contributed by atoms with van der Waals surface area (Å²) in [5.41, 5.74) is 18.7. The lowest BCUT2D eigenvalue weighted by Gasteiger charge is -2.00. The van der Waals surface area contributed by atoms with Crippen LogP contribution in [0.25, 0.3) is 0 Å². The van der Waals surface area contributed by atoms with Crippen LogP contribution < -0.4 is 17.2 Å². The largest absolute Gasteiger partial charge is 0.379 e. The maximum absolute atomic E-state index is 8.47. The van der Waals surface area contributed by atoms with Gasteiger partial charge in [0.05, 0.1) is 25.0 Å². The minimum Gasteiger partial charge on any atom is -0.379 e. The molecule has 0 bridgehead atoms. The molecule has 0 saturated carbocycles. The number of amidine groups is 1. The van der Waals surface area contributed by atoms with E-state index in [1.807, 2.05) is 48.5 Å². The van der Waals surface area contributed by atoms with Crippen LogP contribution in [0.1, 0.15) is 22.3 Å². The van der Waals surface area contributed by atoms with Crippen molar-refractivity contribution < 1.29 is 0 Å². The van der Waals surface area contributed by atoms with Crippen LogP contribution in [0.5, 0.6) is 0 Å². The summed E-state index contributed by atoms with van der Waals surface area (Å²) in [6.07, 6.45) is 0.919. The molecule has 2 aromatic rings. The van der Waals surface area contributed by atoms with Crippen LogP contribution in [0.15, 0.2) is 48.5 Å². The Morgan fingerprint density at radius 1 is 0.867 bits per heavy atom. The van der Waals surface area contributed by atoms with Crippen LogP contribution in [0.3, 0.4) is 0 Å². The van der Waals surface area contributed by atoms with Crippen molar-refractivity contribution >= 4 is 58.3 Å². The van der Waals surface area contributed by atoms with Gasteiger partial charge in [0.25, 0.3) is 0 Å². The molecule has 30 heavy (non-hydrogen) atoms. The van der Waals surface area contributed by atoms with Gasteiger partial charge in [0.2, 0.25) is 0 Å². The zero-order valence-corrected chi connectivity index (χ0v) is 19.4. The third-order valence-corrected chi connectivity index (χ3v) is 4.26. The number of nitrogens with zero attached hydrogens (tertiary/aromatic N) is 2. The van der Waals surface area contributed by atoms with Crippen molar-refractivity contribution in [1.82, 2.24) is 0 Å². The molecule has 2 rings (SSSR count). The first kappa shape index (κ1) is 29.7. The molecule has 0 aliphatic carbocycles. The van der Waals surface area contributed by atoms with Crippen LogP contribution in [0.4, 0.5) is 0 Å². The Labute approximate surface area is 198 Å². The molecule has 0 spiro atoms. The first-order chi connectivity index (χ1) is 13.8. The summed E-state index contributed by atoms with van der Waals surface area (Å²) in [6, 6.07) is 19.7. The molecule has 0 radical (unpaired) electrons. The van der Waals surface area contributed by atoms with Crippen molar-refractivity contribution in [3.8, 4) is 12.1 Å². The van der Waals surface area contributed by atoms with Gasteiger partial charge in [-0.2, -0.15) is 10.5 Å². The number of alkyl halides is 1. The van der Waals surface area contributed by atoms with Crippen molar-refractivity contribution in [1.29, 1.82) is 15.9 Å². The van der Waals surface area contributed by atoms with E-state index in [1.54, 1.807) is 0 Å². The Morgan fingerprint density at radius 2 is 1.20 bits per heavy atom. The fourth-order valence-corrected chi connectivity index (χ4v) is 2.54. The van der Waals surface area contributed by atoms with E-state index < -0.39 is 0 Å². The molecule has 2 aromatic carbocycles. The van der Waals surface area contributed by atoms with E-state index in [2.05, 4.69) is 35.8 Å². The highest BCUT2D eigenvalue weighted by Crippen LogP contribution is 2.12. The predicted octanol–water partition coefficient (Wildman–Crippen LogP) is 3.98. The van der Waals surface area contributed by atoms with E-state index in [1.165, 1.54) is 11.8 Å². The van der Waals surface area contributed by atoms with Gasteiger partial charge in [-0.05, 0) is 34.5 Å². The fourth-order valence-electron chi connectivity index (χ4n) is 1.84. The summed E-state index contributed by atoms with van der Waals surface area (Å²) in [5, 5.41) is 24.0. The number of hydrogen-bond acceptors (Lipinski definition) is 5. The average molecular weight is 483 g/mol. The molecule has 10 heteroatoms. The van der Waals surface area contributed by atoms with Gasteiger partial charge in [-0.1, -0.05) is 60.3 Å². The summed E-state index contributed by atoms with van der Waals surface area (Å²) in [5.74, 6) is 1.25. The second-order valence-corrected chi connectivity index (χ2v) is 7.25. The Morgan fingerprint density at radius 3 is 1.50 bits per heavy atom. The summed E-state index contributed by atoms with van der Waals surface area (Å²) in [7, 11) is 0. The number of thioether (sulfide) groups is 1. The minimum absolute atomic E-state index is 0. The third kappa shape index (κ3) is 16.5. The van der Waals surface area contributed by atoms with E-state index in [4.69, 9.17) is 33.3 Å². The number of nitrogens with one attached hydrogen (secondary N) is 1. The number of nitriles is 2. The minimum atomic E-state index is 0. The van der Waals surface area contributed by atoms with Crippen LogP contribution >= 0.6 is 48.0 Å². The van der Waals surface area contributed by atoms with E-state index >= 15 is 0 Å². The van der Waals surface area contributed by atoms with Crippen LogP contribution in [0.2, 0.25) is 0 Å². The molecule has 0 aliphatic rings. The maximum Gasteiger partial charge on any atom is 0.160 e. The van der Waals surface area contributed by atoms with E-state index in [0.29, 0.717) is 24.5 Å². The smallest absolute Gasteiger partial charge is 0.160 e. The summed E-state index contributed by atoms with van der Waals surface area (Å²) in [6.45, 7) is 0. The molecule has 160 valence electrons. The fraction of sp³-hybridized carbons (Fsp3) is 0.200. The topological polar surface area (TPSA) is 149 Å². The molecule has 0 aliphatic heterocycles. The van der Waals surface area contributed by atoms with Crippen molar-refractivity contribution in [2.24, 2.45) is 17.2 Å². The quantitative estimate of drug-likeness (QED) is 0.217. The highest BCUT2D eigenvalue weighted by Gasteiger charge is 1.96. The second-order valence-electron chi connectivity index (χ2n) is 5.49. The molecule has 6 nitrogen and oxygen atoms in total. The average Bonchev–Trinajstić information content (AvgIpc) is 2.69. The first-order valence-electron chi connectivity index (χ1n) is 8.29. The Balaban J connectivity index is 0. The van der Waals surface area contributed by atoms with Crippen LogP contribution in [0, 0.1) is 28.1 Å². The maximum atomic E-state index is 8.47. The Hall–Kier alpha value is -2.49. The highest BCUT2D eigenvalue weighted by atomic mass is 35.5. The van der Waals surface area contributed by atoms with Crippen LogP contribution in [-0.2, 0) is 24.5 Å². The first-order valence-corrected chi connectivity index (χ1v) is 10.2. The third-order valence-electron chi connectivity index (χ3n) is 3.16. The number of nitrogens with two attached hydrogens (primary N) is 3. The zero-order valence-electron chi connectivity index (χ0n) is 16.2. The monoisotopic (exact) mass is 482 g/mol. The molecule has 0 aromatic heterocycles. The lowest BCUT2D eigenvalue weighted by atomic mass is 10.1. The van der Waals surface area contributed by atoms with E-state index in [9.17, 15) is 0 Å². The lowest BCUT2D eigenvalue weighted by molar-refractivity contribution is 1.25. The molecule has 0 unspecified atom stereocenters. The van der Waals surface area contributed by atoms with Crippen molar-refractivity contribution in [2.75, 3.05) is 0 Å². The Bertz CT molecular complexity index is 840. The van der Waals surface area contributed by atoms with Gasteiger partial charge < -0.3 is 17.2 Å². The zero-order chi connectivity index (χ0) is 22.1. The van der Waals surface area contributed by atoms with Crippen molar-refractivity contribution in [2.45, 2.75) is 24.5 Å². The number of rotatable bonds is 5. The molecular weight excluding hydrogens is 459 g/mol. The van der Waals surface area contributed by atoms with Gasteiger partial charge in [-0.25, -0.2) is 0 Å². The Kier molecular flexibility index (Phi) is 18.4. The SMILES string of the molecule is Cl.N#CCc1ccc(CCl)cc1.N#CCc1ccc(CSC(=N)N)cc1.NC(N)=S. The van der Waals surface area contributed by atoms with Gasteiger partial charge >= 0.3 is 0 Å². The van der Waals surface area contributed by atoms with Gasteiger partial charge in [0.1, 0.15) is 0 Å². The lowest BCUT2D eigenvalue weighted by Crippen LogP contribution is -2.18. The summed E-state index contributed by atoms with van der Waals surface area (Å²) in [4.78, 5) is 0. The van der Waals surface area contributed by atoms with E-state index in [0.717, 1.165) is 22.3 Å². The molecule has 0 saturated heterocycles. The van der Waals surface area contributed by atoms with Gasteiger partial charge in [-0.15, -0.1) is 24.0 Å². The van der Waals surface area contributed by atoms with Crippen molar-refractivity contribution in [3.63, 3.8) is 0 Å². The second kappa shape index (κ2) is 18.5. The predicted molar refractivity (Wildman–Crippen MR) is 133 cm³/mol. The summed E-state index contributed by atoms with van der Waals surface area (Å²) < 4.78 is 0. The molecular formula is C20H24Cl2N6S2. The molecule has 0 heterocycles. The highest BCUT2D eigenvalue weighted by molar-refractivity contribution is 8.13. The van der Waals surface area contributed by atoms with E-state index in [-0.39, 0.29) is 22.7 Å².